The number of nitro benzene ring substituents is 1. The predicted octanol–water partition coefficient (Wildman–Crippen LogP) is 2.67. The molecule has 10 nitrogen and oxygen atoms in total. The molecule has 3 rings (SSSR count). The van der Waals surface area contributed by atoms with Crippen molar-refractivity contribution in [3.05, 3.63) is 68.6 Å². The van der Waals surface area contributed by atoms with Crippen LogP contribution in [0.25, 0.3) is 6.08 Å². The highest BCUT2D eigenvalue weighted by atomic mass is 32.2. The Balaban J connectivity index is 1.80. The third-order valence-corrected chi connectivity index (χ3v) is 6.56. The van der Waals surface area contributed by atoms with Gasteiger partial charge in [0.25, 0.3) is 16.8 Å². The van der Waals surface area contributed by atoms with Crippen LogP contribution in [0.4, 0.5) is 10.5 Å². The summed E-state index contributed by atoms with van der Waals surface area (Å²) in [5.41, 5.74) is 5.88. The summed E-state index contributed by atoms with van der Waals surface area (Å²) in [7, 11) is -4.31. The Morgan fingerprint density at radius 3 is 2.48 bits per heavy atom. The van der Waals surface area contributed by atoms with E-state index in [1.807, 2.05) is 0 Å². The highest BCUT2D eigenvalue weighted by Crippen LogP contribution is 2.32. The van der Waals surface area contributed by atoms with E-state index < -0.39 is 26.2 Å². The topological polar surface area (TPSA) is 150 Å². The Morgan fingerprint density at radius 1 is 1.19 bits per heavy atom. The minimum absolute atomic E-state index is 0.0145. The maximum atomic E-state index is 12.6. The van der Waals surface area contributed by atoms with Gasteiger partial charge in [0.2, 0.25) is 0 Å². The molecule has 0 radical (unpaired) electrons. The van der Waals surface area contributed by atoms with Crippen LogP contribution in [-0.2, 0) is 14.9 Å². The number of rotatable bonds is 7. The highest BCUT2D eigenvalue weighted by Gasteiger charge is 2.34. The number of hydrogen-bond donors (Lipinski definition) is 1. The molecule has 0 aromatic heterocycles. The van der Waals surface area contributed by atoms with E-state index in [2.05, 4.69) is 0 Å². The van der Waals surface area contributed by atoms with Crippen molar-refractivity contribution in [2.45, 2.75) is 11.8 Å². The first-order chi connectivity index (χ1) is 14.6. The van der Waals surface area contributed by atoms with E-state index in [0.717, 1.165) is 22.7 Å². The number of nitrogens with zero attached hydrogens (tertiary/aromatic N) is 2. The van der Waals surface area contributed by atoms with Gasteiger partial charge in [-0.3, -0.25) is 24.6 Å². The van der Waals surface area contributed by atoms with E-state index in [-0.39, 0.29) is 34.3 Å². The molecule has 2 aromatic rings. The molecule has 0 bridgehead atoms. The number of hydrogen-bond acceptors (Lipinski definition) is 9. The number of thioether (sulfide) groups is 1. The Labute approximate surface area is 181 Å². The van der Waals surface area contributed by atoms with Crippen molar-refractivity contribution in [2.75, 3.05) is 13.1 Å². The summed E-state index contributed by atoms with van der Waals surface area (Å²) in [5, 5.41) is 10.5. The Kier molecular flexibility index (Phi) is 6.43. The lowest BCUT2D eigenvalue weighted by molar-refractivity contribution is -0.385. The predicted molar refractivity (Wildman–Crippen MR) is 114 cm³/mol. The fraction of sp³-hybridized carbons (Fsp3) is 0.158. The van der Waals surface area contributed by atoms with E-state index in [9.17, 15) is 28.1 Å². The highest BCUT2D eigenvalue weighted by molar-refractivity contribution is 8.18. The number of carbonyl (C=O) groups is 2. The summed E-state index contributed by atoms with van der Waals surface area (Å²) in [6, 6.07) is 9.26. The second kappa shape index (κ2) is 8.88. The zero-order chi connectivity index (χ0) is 22.8. The van der Waals surface area contributed by atoms with Crippen molar-refractivity contribution in [2.24, 2.45) is 5.73 Å². The number of imide groups is 1. The third kappa shape index (κ3) is 4.93. The number of aryl methyl sites for hydroxylation is 1. The molecule has 162 valence electrons. The quantitative estimate of drug-likeness (QED) is 0.283. The van der Waals surface area contributed by atoms with Gasteiger partial charge in [-0.05, 0) is 48.0 Å². The van der Waals surface area contributed by atoms with Gasteiger partial charge in [-0.15, -0.1) is 0 Å². The van der Waals surface area contributed by atoms with Crippen LogP contribution in [0.5, 0.6) is 5.75 Å². The Morgan fingerprint density at radius 2 is 1.87 bits per heavy atom. The molecule has 2 aromatic carbocycles. The fourth-order valence-corrected chi connectivity index (χ4v) is 4.78. The van der Waals surface area contributed by atoms with Gasteiger partial charge >= 0.3 is 10.1 Å². The standard InChI is InChI=1S/C19H17N3O7S2/c1-12-2-5-14(22(25)26)11-17(12)31(27,28)29-15-6-3-13(4-7-15)10-16-18(23)21(9-8-20)19(24)30-16/h2-7,10-11H,8-9,20H2,1H3. The minimum Gasteiger partial charge on any atom is -0.379 e. The second-order valence-electron chi connectivity index (χ2n) is 6.44. The van der Waals surface area contributed by atoms with Crippen molar-refractivity contribution >= 4 is 44.8 Å². The minimum atomic E-state index is -4.31. The van der Waals surface area contributed by atoms with Crippen LogP contribution >= 0.6 is 11.8 Å². The van der Waals surface area contributed by atoms with Crippen LogP contribution in [0.2, 0.25) is 0 Å². The van der Waals surface area contributed by atoms with Crippen LogP contribution in [0.1, 0.15) is 11.1 Å². The van der Waals surface area contributed by atoms with Gasteiger partial charge in [-0.25, -0.2) is 0 Å². The van der Waals surface area contributed by atoms with Crippen molar-refractivity contribution in [3.8, 4) is 5.75 Å². The number of amides is 2. The molecule has 31 heavy (non-hydrogen) atoms. The van der Waals surface area contributed by atoms with Crippen molar-refractivity contribution in [1.82, 2.24) is 4.90 Å². The number of nitrogens with two attached hydrogens (primary N) is 1. The first kappa shape index (κ1) is 22.5. The molecular weight excluding hydrogens is 446 g/mol. The molecule has 0 spiro atoms. The van der Waals surface area contributed by atoms with E-state index in [0.29, 0.717) is 11.1 Å². The van der Waals surface area contributed by atoms with Crippen LogP contribution in [0.15, 0.2) is 52.3 Å². The summed E-state index contributed by atoms with van der Waals surface area (Å²) in [6.07, 6.45) is 1.50. The van der Waals surface area contributed by atoms with Crippen LogP contribution in [-0.4, -0.2) is 42.5 Å². The van der Waals surface area contributed by atoms with E-state index in [1.165, 1.54) is 49.4 Å². The summed E-state index contributed by atoms with van der Waals surface area (Å²) >= 11 is 0.794. The Hall–Kier alpha value is -3.22. The van der Waals surface area contributed by atoms with Gasteiger partial charge in [0.05, 0.1) is 9.83 Å². The first-order valence-electron chi connectivity index (χ1n) is 8.87. The first-order valence-corrected chi connectivity index (χ1v) is 11.1. The van der Waals surface area contributed by atoms with Crippen LogP contribution in [0.3, 0.4) is 0 Å². The molecule has 1 heterocycles. The van der Waals surface area contributed by atoms with E-state index in [1.54, 1.807) is 0 Å². The molecule has 2 N–H and O–H groups in total. The number of benzene rings is 2. The SMILES string of the molecule is Cc1ccc([N+](=O)[O-])cc1S(=O)(=O)Oc1ccc(C=C2SC(=O)N(CCN)C2=O)cc1. The fourth-order valence-electron chi connectivity index (χ4n) is 2.74. The molecule has 1 aliphatic rings. The van der Waals surface area contributed by atoms with Gasteiger partial charge < -0.3 is 9.92 Å². The van der Waals surface area contributed by atoms with Gasteiger partial charge in [-0.1, -0.05) is 18.2 Å². The number of carbonyl (C=O) groups excluding carboxylic acids is 2. The van der Waals surface area contributed by atoms with Crippen molar-refractivity contribution in [3.63, 3.8) is 0 Å². The van der Waals surface area contributed by atoms with Crippen LogP contribution in [0, 0.1) is 17.0 Å². The molecule has 0 unspecified atom stereocenters. The molecular formula is C19H17N3O7S2. The summed E-state index contributed by atoms with van der Waals surface area (Å²) in [5.74, 6) is -0.455. The number of non-ortho nitro benzene ring substituents is 1. The maximum Gasteiger partial charge on any atom is 0.339 e. The molecule has 2 amide bonds. The molecule has 1 aliphatic heterocycles. The van der Waals surface area contributed by atoms with Crippen molar-refractivity contribution < 1.29 is 27.1 Å². The van der Waals surface area contributed by atoms with Crippen LogP contribution < -0.4 is 9.92 Å². The average molecular weight is 463 g/mol. The third-order valence-electron chi connectivity index (χ3n) is 4.26. The lowest BCUT2D eigenvalue weighted by atomic mass is 10.2. The molecule has 0 atom stereocenters. The smallest absolute Gasteiger partial charge is 0.339 e. The van der Waals surface area contributed by atoms with Gasteiger partial charge in [0.15, 0.2) is 0 Å². The monoisotopic (exact) mass is 463 g/mol. The van der Waals surface area contributed by atoms with Gasteiger partial charge in [-0.2, -0.15) is 8.42 Å². The summed E-state index contributed by atoms with van der Waals surface area (Å²) < 4.78 is 30.3. The zero-order valence-electron chi connectivity index (χ0n) is 16.2. The van der Waals surface area contributed by atoms with Crippen molar-refractivity contribution in [1.29, 1.82) is 0 Å². The molecule has 0 aliphatic carbocycles. The molecule has 1 fully saturated rings. The zero-order valence-corrected chi connectivity index (χ0v) is 17.8. The van der Waals surface area contributed by atoms with Gasteiger partial charge in [0.1, 0.15) is 10.6 Å². The largest absolute Gasteiger partial charge is 0.379 e. The molecule has 1 saturated heterocycles. The summed E-state index contributed by atoms with van der Waals surface area (Å²) in [6.45, 7) is 1.79. The Bertz CT molecular complexity index is 1190. The van der Waals surface area contributed by atoms with Gasteiger partial charge in [0, 0.05) is 25.2 Å². The van der Waals surface area contributed by atoms with E-state index in [4.69, 9.17) is 9.92 Å². The maximum absolute atomic E-state index is 12.6. The normalized spacial score (nSPS) is 15.5. The summed E-state index contributed by atoms with van der Waals surface area (Å²) in [4.78, 5) is 35.3. The molecule has 0 saturated carbocycles. The average Bonchev–Trinajstić information content (AvgIpc) is 2.97. The number of nitro groups is 1. The lowest BCUT2D eigenvalue weighted by Gasteiger charge is -2.10. The molecule has 12 heteroatoms. The second-order valence-corrected chi connectivity index (χ2v) is 8.94. The lowest BCUT2D eigenvalue weighted by Crippen LogP contribution is -2.33. The van der Waals surface area contributed by atoms with E-state index >= 15 is 0 Å².